The zero-order valence-corrected chi connectivity index (χ0v) is 8.93. The molecule has 0 fully saturated rings. The number of hydrogen-bond acceptors (Lipinski definition) is 3. The highest BCUT2D eigenvalue weighted by Gasteiger charge is 2.15. The molecule has 18 heavy (non-hydrogen) atoms. The molecule has 7 heteroatoms. The van der Waals surface area contributed by atoms with E-state index in [1.807, 2.05) is 0 Å². The van der Waals surface area contributed by atoms with Crippen molar-refractivity contribution < 1.29 is 18.4 Å². The van der Waals surface area contributed by atoms with Gasteiger partial charge in [-0.15, -0.1) is 0 Å². The number of aromatic nitrogens is 2. The van der Waals surface area contributed by atoms with Gasteiger partial charge >= 0.3 is 0 Å². The Morgan fingerprint density at radius 3 is 2.39 bits per heavy atom. The molecule has 1 aromatic carbocycles. The van der Waals surface area contributed by atoms with Crippen LogP contribution >= 0.6 is 0 Å². The number of nitrogens with two attached hydrogens (primary N) is 1. The van der Waals surface area contributed by atoms with Gasteiger partial charge in [-0.05, 0) is 18.2 Å². The van der Waals surface area contributed by atoms with E-state index < -0.39 is 23.2 Å². The largest absolute Gasteiger partial charge is 0.364 e. The molecule has 0 spiro atoms. The molecule has 2 N–H and O–H groups in total. The van der Waals surface area contributed by atoms with Crippen LogP contribution in [0.2, 0.25) is 0 Å². The van der Waals surface area contributed by atoms with Crippen molar-refractivity contribution in [1.82, 2.24) is 9.78 Å². The van der Waals surface area contributed by atoms with Crippen LogP contribution in [0, 0.1) is 11.6 Å². The number of nitrogens with zero attached hydrogens (tertiary/aromatic N) is 2. The Balaban J connectivity index is 2.56. The van der Waals surface area contributed by atoms with E-state index >= 15 is 0 Å². The fourth-order valence-corrected chi connectivity index (χ4v) is 1.45. The zero-order chi connectivity index (χ0) is 13.3. The molecule has 0 unspecified atom stereocenters. The van der Waals surface area contributed by atoms with E-state index in [4.69, 9.17) is 5.73 Å². The minimum Gasteiger partial charge on any atom is -0.364 e. The fourth-order valence-electron chi connectivity index (χ4n) is 1.45. The summed E-state index contributed by atoms with van der Waals surface area (Å²) in [5.74, 6) is -2.73. The molecule has 0 bridgehead atoms. The van der Waals surface area contributed by atoms with Crippen molar-refractivity contribution in [3.63, 3.8) is 0 Å². The van der Waals surface area contributed by atoms with Crippen LogP contribution in [0.25, 0.3) is 5.69 Å². The Hall–Kier alpha value is -2.57. The number of carbonyl (C=O) groups is 2. The van der Waals surface area contributed by atoms with E-state index in [2.05, 4.69) is 5.10 Å². The van der Waals surface area contributed by atoms with Crippen LogP contribution in [0.4, 0.5) is 8.78 Å². The third-order valence-electron chi connectivity index (χ3n) is 2.25. The van der Waals surface area contributed by atoms with E-state index in [1.165, 1.54) is 12.3 Å². The maximum absolute atomic E-state index is 13.6. The maximum atomic E-state index is 13.6. The normalized spacial score (nSPS) is 10.3. The first kappa shape index (κ1) is 11.9. The Morgan fingerprint density at radius 1 is 1.33 bits per heavy atom. The quantitative estimate of drug-likeness (QED) is 0.828. The average molecular weight is 251 g/mol. The molecule has 0 saturated heterocycles. The first-order valence-corrected chi connectivity index (χ1v) is 4.83. The molecule has 2 rings (SSSR count). The highest BCUT2D eigenvalue weighted by molar-refractivity contribution is 5.90. The number of carbonyl (C=O) groups excluding carboxylic acids is 2. The van der Waals surface area contributed by atoms with Crippen LogP contribution in [0.5, 0.6) is 0 Å². The van der Waals surface area contributed by atoms with E-state index in [-0.39, 0.29) is 11.3 Å². The molecule has 0 aliphatic carbocycles. The van der Waals surface area contributed by atoms with Crippen molar-refractivity contribution in [3.8, 4) is 5.69 Å². The number of amides is 1. The number of primary amides is 1. The minimum absolute atomic E-state index is 0.117. The van der Waals surface area contributed by atoms with Crippen LogP contribution < -0.4 is 5.73 Å². The smallest absolute Gasteiger partial charge is 0.269 e. The monoisotopic (exact) mass is 251 g/mol. The summed E-state index contributed by atoms with van der Waals surface area (Å²) >= 11 is 0. The summed E-state index contributed by atoms with van der Waals surface area (Å²) in [4.78, 5) is 21.3. The highest BCUT2D eigenvalue weighted by Crippen LogP contribution is 2.18. The van der Waals surface area contributed by atoms with Crippen molar-refractivity contribution in [2.75, 3.05) is 0 Å². The number of halogens is 2. The van der Waals surface area contributed by atoms with Gasteiger partial charge in [0.2, 0.25) is 0 Å². The van der Waals surface area contributed by atoms with Gasteiger partial charge in [-0.25, -0.2) is 13.5 Å². The van der Waals surface area contributed by atoms with E-state index in [0.29, 0.717) is 6.29 Å². The van der Waals surface area contributed by atoms with Gasteiger partial charge in [-0.3, -0.25) is 9.59 Å². The summed E-state index contributed by atoms with van der Waals surface area (Å²) in [6.07, 6.45) is 1.52. The molecule has 0 aliphatic heterocycles. The van der Waals surface area contributed by atoms with Crippen LogP contribution in [0.15, 0.2) is 24.4 Å². The van der Waals surface area contributed by atoms with E-state index in [9.17, 15) is 18.4 Å². The first-order valence-electron chi connectivity index (χ1n) is 4.83. The highest BCUT2D eigenvalue weighted by atomic mass is 19.1. The van der Waals surface area contributed by atoms with E-state index in [1.54, 1.807) is 0 Å². The van der Waals surface area contributed by atoms with Gasteiger partial charge in [0, 0.05) is 11.8 Å². The summed E-state index contributed by atoms with van der Waals surface area (Å²) < 4.78 is 28.1. The van der Waals surface area contributed by atoms with Crippen LogP contribution in [-0.2, 0) is 0 Å². The molecule has 1 heterocycles. The van der Waals surface area contributed by atoms with Gasteiger partial charge in [-0.1, -0.05) is 0 Å². The van der Waals surface area contributed by atoms with Crippen molar-refractivity contribution in [2.45, 2.75) is 0 Å². The second-order valence-electron chi connectivity index (χ2n) is 3.46. The molecule has 2 aromatic rings. The molecule has 1 aromatic heterocycles. The van der Waals surface area contributed by atoms with Crippen molar-refractivity contribution >= 4 is 12.2 Å². The van der Waals surface area contributed by atoms with Crippen molar-refractivity contribution in [3.05, 3.63) is 47.3 Å². The Kier molecular flexibility index (Phi) is 2.88. The molecule has 0 radical (unpaired) electrons. The molecule has 1 amide bonds. The maximum Gasteiger partial charge on any atom is 0.269 e. The summed E-state index contributed by atoms with van der Waals surface area (Å²) in [6, 6.07) is 2.98. The Bertz CT molecular complexity index is 614. The number of hydrogen-bond donors (Lipinski definition) is 1. The fraction of sp³-hybridized carbons (Fsp3) is 0. The summed E-state index contributed by atoms with van der Waals surface area (Å²) in [7, 11) is 0. The molecule has 0 atom stereocenters. The van der Waals surface area contributed by atoms with Gasteiger partial charge in [-0.2, -0.15) is 5.10 Å². The molecule has 0 saturated carbocycles. The molecule has 0 aliphatic rings. The number of benzene rings is 1. The van der Waals surface area contributed by atoms with Gasteiger partial charge in [0.05, 0.1) is 0 Å². The standard InChI is InChI=1S/C11H7F2N3O2/c12-7-3-6(5-17)4-8(13)10(7)16-2-1-9(15-16)11(14)18/h1-5H,(H2,14,18). The SMILES string of the molecule is NC(=O)c1ccn(-c2c(F)cc(C=O)cc2F)n1. The van der Waals surface area contributed by atoms with Gasteiger partial charge in [0.25, 0.3) is 5.91 Å². The first-order chi connectivity index (χ1) is 8.52. The lowest BCUT2D eigenvalue weighted by atomic mass is 10.2. The second-order valence-corrected chi connectivity index (χ2v) is 3.46. The number of aldehydes is 1. The van der Waals surface area contributed by atoms with Crippen molar-refractivity contribution in [2.24, 2.45) is 5.73 Å². The Morgan fingerprint density at radius 2 is 1.94 bits per heavy atom. The predicted octanol–water partition coefficient (Wildman–Crippen LogP) is 1.06. The van der Waals surface area contributed by atoms with Crippen molar-refractivity contribution in [1.29, 1.82) is 0 Å². The zero-order valence-electron chi connectivity index (χ0n) is 8.93. The molecular weight excluding hydrogens is 244 g/mol. The average Bonchev–Trinajstić information content (AvgIpc) is 2.77. The second kappa shape index (κ2) is 4.36. The van der Waals surface area contributed by atoms with Gasteiger partial charge in [0.1, 0.15) is 17.7 Å². The summed E-state index contributed by atoms with van der Waals surface area (Å²) in [5, 5.41) is 3.63. The lowest BCUT2D eigenvalue weighted by molar-refractivity contribution is 0.0994. The molecule has 92 valence electrons. The summed E-state index contributed by atoms with van der Waals surface area (Å²) in [5.41, 5.74) is 4.25. The van der Waals surface area contributed by atoms with Gasteiger partial charge < -0.3 is 5.73 Å². The van der Waals surface area contributed by atoms with Gasteiger partial charge in [0.15, 0.2) is 11.6 Å². The third kappa shape index (κ3) is 1.97. The topological polar surface area (TPSA) is 78.0 Å². The summed E-state index contributed by atoms with van der Waals surface area (Å²) in [6.45, 7) is 0. The van der Waals surface area contributed by atoms with Crippen LogP contribution in [0.3, 0.4) is 0 Å². The molecular formula is C11H7F2N3O2. The number of rotatable bonds is 3. The molecule has 5 nitrogen and oxygen atoms in total. The van der Waals surface area contributed by atoms with E-state index in [0.717, 1.165) is 16.8 Å². The lowest BCUT2D eigenvalue weighted by Gasteiger charge is -2.05. The minimum atomic E-state index is -0.962. The lowest BCUT2D eigenvalue weighted by Crippen LogP contribution is -2.13. The van der Waals surface area contributed by atoms with Crippen LogP contribution in [-0.4, -0.2) is 22.0 Å². The third-order valence-corrected chi connectivity index (χ3v) is 2.25. The Labute approximate surface area is 99.8 Å². The predicted molar refractivity (Wildman–Crippen MR) is 57.4 cm³/mol. The van der Waals surface area contributed by atoms with Crippen LogP contribution in [0.1, 0.15) is 20.8 Å².